The third-order valence-electron chi connectivity index (χ3n) is 7.21. The number of thioether (sulfide) groups is 1. The Hall–Kier alpha value is -2.76. The maximum atomic E-state index is 13.8. The van der Waals surface area contributed by atoms with Crippen molar-refractivity contribution in [2.45, 2.75) is 69.8 Å². The Labute approximate surface area is 236 Å². The van der Waals surface area contributed by atoms with Crippen molar-refractivity contribution in [3.63, 3.8) is 0 Å². The van der Waals surface area contributed by atoms with E-state index in [0.29, 0.717) is 29.5 Å². The van der Waals surface area contributed by atoms with Crippen molar-refractivity contribution >= 4 is 35.2 Å². The standard InChI is InChI=1S/C32H37ClN2O2S/c1-24-11-8-9-15-27(24)21-35(31(36)23-38-22-26-14-10-16-28(33)19-26)30(20-25-12-4-2-5-13-25)32(37)34-29-17-6-3-7-18-29/h2,4-5,8-16,19,29-30H,3,6-7,17-18,20-23H2,1H3,(H,34,37)/t30-/m1/s1. The van der Waals surface area contributed by atoms with Crippen LogP contribution in [0.4, 0.5) is 0 Å². The van der Waals surface area contributed by atoms with E-state index in [1.165, 1.54) is 6.42 Å². The van der Waals surface area contributed by atoms with Crippen molar-refractivity contribution in [3.8, 4) is 0 Å². The molecule has 1 N–H and O–H groups in total. The van der Waals surface area contributed by atoms with Gasteiger partial charge in [-0.1, -0.05) is 97.6 Å². The van der Waals surface area contributed by atoms with Gasteiger partial charge >= 0.3 is 0 Å². The molecule has 0 spiro atoms. The largest absolute Gasteiger partial charge is 0.352 e. The lowest BCUT2D eigenvalue weighted by molar-refractivity contribution is -0.139. The second-order valence-electron chi connectivity index (χ2n) is 10.1. The molecule has 0 unspecified atom stereocenters. The van der Waals surface area contributed by atoms with Gasteiger partial charge in [0.1, 0.15) is 6.04 Å². The van der Waals surface area contributed by atoms with Gasteiger partial charge in [-0.25, -0.2) is 0 Å². The lowest BCUT2D eigenvalue weighted by atomic mass is 9.94. The number of carbonyl (C=O) groups is 2. The summed E-state index contributed by atoms with van der Waals surface area (Å²) in [6.07, 6.45) is 5.99. The monoisotopic (exact) mass is 548 g/mol. The number of amides is 2. The predicted molar refractivity (Wildman–Crippen MR) is 158 cm³/mol. The molecule has 1 atom stereocenters. The van der Waals surface area contributed by atoms with E-state index in [4.69, 9.17) is 11.6 Å². The van der Waals surface area contributed by atoms with E-state index in [1.807, 2.05) is 72.8 Å². The molecule has 4 nitrogen and oxygen atoms in total. The Kier molecular flexibility index (Phi) is 10.7. The summed E-state index contributed by atoms with van der Waals surface area (Å²) in [7, 11) is 0. The molecule has 1 saturated carbocycles. The number of nitrogens with one attached hydrogen (secondary N) is 1. The molecule has 0 aliphatic heterocycles. The number of benzene rings is 3. The van der Waals surface area contributed by atoms with Crippen molar-refractivity contribution in [1.29, 1.82) is 0 Å². The Morgan fingerprint density at radius 1 is 0.947 bits per heavy atom. The fourth-order valence-electron chi connectivity index (χ4n) is 5.04. The number of aryl methyl sites for hydroxylation is 1. The number of halogens is 1. The van der Waals surface area contributed by atoms with E-state index in [2.05, 4.69) is 18.3 Å². The van der Waals surface area contributed by atoms with Crippen LogP contribution >= 0.6 is 23.4 Å². The predicted octanol–water partition coefficient (Wildman–Crippen LogP) is 6.97. The molecule has 0 aromatic heterocycles. The van der Waals surface area contributed by atoms with Crippen LogP contribution in [-0.2, 0) is 28.3 Å². The molecule has 0 radical (unpaired) electrons. The maximum Gasteiger partial charge on any atom is 0.243 e. The highest BCUT2D eigenvalue weighted by molar-refractivity contribution is 7.99. The smallest absolute Gasteiger partial charge is 0.243 e. The fraction of sp³-hybridized carbons (Fsp3) is 0.375. The molecule has 4 rings (SSSR count). The minimum atomic E-state index is -0.585. The molecule has 0 saturated heterocycles. The molecule has 0 bridgehead atoms. The summed E-state index contributed by atoms with van der Waals surface area (Å²) in [6.45, 7) is 2.46. The zero-order valence-electron chi connectivity index (χ0n) is 22.1. The molecular weight excluding hydrogens is 512 g/mol. The topological polar surface area (TPSA) is 49.4 Å². The summed E-state index contributed by atoms with van der Waals surface area (Å²) >= 11 is 7.70. The molecular formula is C32H37ClN2O2S. The van der Waals surface area contributed by atoms with Crippen LogP contribution in [0.15, 0.2) is 78.9 Å². The minimum absolute atomic E-state index is 0.0278. The van der Waals surface area contributed by atoms with Crippen LogP contribution < -0.4 is 5.32 Å². The highest BCUT2D eigenvalue weighted by Gasteiger charge is 2.32. The molecule has 6 heteroatoms. The average Bonchev–Trinajstić information content (AvgIpc) is 2.92. The van der Waals surface area contributed by atoms with Crippen LogP contribution in [0.2, 0.25) is 5.02 Å². The van der Waals surface area contributed by atoms with Crippen molar-refractivity contribution in [2.24, 2.45) is 0 Å². The van der Waals surface area contributed by atoms with Gasteiger partial charge in [0.25, 0.3) is 0 Å². The van der Waals surface area contributed by atoms with Crippen molar-refractivity contribution in [2.75, 3.05) is 5.75 Å². The van der Waals surface area contributed by atoms with E-state index in [9.17, 15) is 9.59 Å². The van der Waals surface area contributed by atoms with Crippen molar-refractivity contribution in [3.05, 3.63) is 106 Å². The summed E-state index contributed by atoms with van der Waals surface area (Å²) in [6, 6.07) is 25.4. The number of hydrogen-bond donors (Lipinski definition) is 1. The quantitative estimate of drug-likeness (QED) is 0.281. The fourth-order valence-corrected chi connectivity index (χ4v) is 6.11. The van der Waals surface area contributed by atoms with Crippen LogP contribution in [0.1, 0.15) is 54.4 Å². The molecule has 2 amide bonds. The third-order valence-corrected chi connectivity index (χ3v) is 8.43. The molecule has 1 aliphatic carbocycles. The molecule has 3 aromatic carbocycles. The third kappa shape index (κ3) is 8.37. The van der Waals surface area contributed by atoms with Gasteiger partial charge in [0.05, 0.1) is 5.75 Å². The van der Waals surface area contributed by atoms with E-state index >= 15 is 0 Å². The van der Waals surface area contributed by atoms with Gasteiger partial charge in [0.2, 0.25) is 11.8 Å². The Bertz CT molecular complexity index is 1200. The zero-order chi connectivity index (χ0) is 26.7. The van der Waals surface area contributed by atoms with Crippen LogP contribution in [0.25, 0.3) is 0 Å². The normalized spacial score (nSPS) is 14.6. The summed E-state index contributed by atoms with van der Waals surface area (Å²) in [4.78, 5) is 29.5. The summed E-state index contributed by atoms with van der Waals surface area (Å²) in [5, 5.41) is 4.00. The van der Waals surface area contributed by atoms with E-state index in [-0.39, 0.29) is 17.9 Å². The molecule has 38 heavy (non-hydrogen) atoms. The molecule has 3 aromatic rings. The second kappa shape index (κ2) is 14.4. The van der Waals surface area contributed by atoms with Crippen LogP contribution in [0.3, 0.4) is 0 Å². The first-order chi connectivity index (χ1) is 18.5. The van der Waals surface area contributed by atoms with Gasteiger partial charge in [-0.15, -0.1) is 11.8 Å². The SMILES string of the molecule is Cc1ccccc1CN(C(=O)CSCc1cccc(Cl)c1)[C@H](Cc1ccccc1)C(=O)NC1CCCCC1. The first-order valence-electron chi connectivity index (χ1n) is 13.5. The highest BCUT2D eigenvalue weighted by Crippen LogP contribution is 2.22. The van der Waals surface area contributed by atoms with Gasteiger partial charge in [-0.3, -0.25) is 9.59 Å². The number of hydrogen-bond acceptors (Lipinski definition) is 3. The number of carbonyl (C=O) groups excluding carboxylic acids is 2. The maximum absolute atomic E-state index is 13.8. The highest BCUT2D eigenvalue weighted by atomic mass is 35.5. The molecule has 1 fully saturated rings. The summed E-state index contributed by atoms with van der Waals surface area (Å²) in [5.74, 6) is 0.894. The Morgan fingerprint density at radius 2 is 1.66 bits per heavy atom. The number of rotatable bonds is 11. The van der Waals surface area contributed by atoms with Crippen LogP contribution in [0, 0.1) is 6.92 Å². The van der Waals surface area contributed by atoms with Gasteiger partial charge < -0.3 is 10.2 Å². The molecule has 200 valence electrons. The van der Waals surface area contributed by atoms with Crippen molar-refractivity contribution < 1.29 is 9.59 Å². The van der Waals surface area contributed by atoms with E-state index in [0.717, 1.165) is 47.9 Å². The van der Waals surface area contributed by atoms with Gasteiger partial charge in [-0.2, -0.15) is 0 Å². The molecule has 0 heterocycles. The van der Waals surface area contributed by atoms with Crippen molar-refractivity contribution in [1.82, 2.24) is 10.2 Å². The average molecular weight is 549 g/mol. The van der Waals surface area contributed by atoms with Gasteiger partial charge in [0.15, 0.2) is 0 Å². The van der Waals surface area contributed by atoms with E-state index < -0.39 is 6.04 Å². The number of nitrogens with zero attached hydrogens (tertiary/aromatic N) is 1. The van der Waals surface area contributed by atoms with Crippen LogP contribution in [0.5, 0.6) is 0 Å². The first kappa shape index (κ1) is 28.3. The summed E-state index contributed by atoms with van der Waals surface area (Å²) < 4.78 is 0. The summed E-state index contributed by atoms with van der Waals surface area (Å²) in [5.41, 5.74) is 4.30. The minimum Gasteiger partial charge on any atom is -0.352 e. The zero-order valence-corrected chi connectivity index (χ0v) is 23.6. The Balaban J connectivity index is 1.57. The van der Waals surface area contributed by atoms with E-state index in [1.54, 1.807) is 16.7 Å². The second-order valence-corrected chi connectivity index (χ2v) is 11.5. The Morgan fingerprint density at radius 3 is 2.39 bits per heavy atom. The van der Waals surface area contributed by atoms with Gasteiger partial charge in [0, 0.05) is 29.8 Å². The van der Waals surface area contributed by atoms with Crippen LogP contribution in [-0.4, -0.2) is 34.6 Å². The lowest BCUT2D eigenvalue weighted by Crippen LogP contribution is -2.53. The first-order valence-corrected chi connectivity index (χ1v) is 15.0. The molecule has 1 aliphatic rings. The lowest BCUT2D eigenvalue weighted by Gasteiger charge is -2.34. The van der Waals surface area contributed by atoms with Gasteiger partial charge in [-0.05, 0) is 54.2 Å².